The Kier molecular flexibility index (Phi) is 2.75. The first-order valence-corrected chi connectivity index (χ1v) is 6.45. The number of rotatable bonds is 1. The van der Waals surface area contributed by atoms with Gasteiger partial charge in [0.05, 0.1) is 18.4 Å². The van der Waals surface area contributed by atoms with E-state index in [1.54, 1.807) is 0 Å². The first-order valence-electron chi connectivity index (χ1n) is 6.07. The fraction of sp³-hybridized carbons (Fsp3) is 0.583. The van der Waals surface area contributed by atoms with Crippen molar-refractivity contribution in [2.45, 2.75) is 39.2 Å². The van der Waals surface area contributed by atoms with Gasteiger partial charge in [0, 0.05) is 11.6 Å². The molecule has 18 heavy (non-hydrogen) atoms. The Balaban J connectivity index is 2.19. The topological polar surface area (TPSA) is 52.3 Å². The molecule has 0 aromatic carbocycles. The number of nitrogens with zero attached hydrogens (tertiary/aromatic N) is 4. The third-order valence-electron chi connectivity index (χ3n) is 3.56. The van der Waals surface area contributed by atoms with Gasteiger partial charge < -0.3 is 4.74 Å². The van der Waals surface area contributed by atoms with Crippen LogP contribution in [0.15, 0.2) is 0 Å². The van der Waals surface area contributed by atoms with Crippen molar-refractivity contribution < 1.29 is 4.74 Å². The molecule has 1 aliphatic heterocycles. The summed E-state index contributed by atoms with van der Waals surface area (Å²) in [7, 11) is 0. The molecule has 0 amide bonds. The SMILES string of the molecule is Cc1nc(Cl)c2nnc(C3COC(C)C3)n2c1C. The van der Waals surface area contributed by atoms with Gasteiger partial charge in [-0.05, 0) is 27.2 Å². The molecule has 0 aliphatic carbocycles. The highest BCUT2D eigenvalue weighted by Crippen LogP contribution is 2.30. The molecule has 2 aromatic heterocycles. The van der Waals surface area contributed by atoms with Gasteiger partial charge in [0.2, 0.25) is 0 Å². The highest BCUT2D eigenvalue weighted by atomic mass is 35.5. The second-order valence-electron chi connectivity index (χ2n) is 4.87. The molecule has 1 aliphatic rings. The van der Waals surface area contributed by atoms with Gasteiger partial charge in [0.15, 0.2) is 10.8 Å². The number of hydrogen-bond acceptors (Lipinski definition) is 4. The Morgan fingerprint density at radius 2 is 2.11 bits per heavy atom. The molecule has 2 atom stereocenters. The smallest absolute Gasteiger partial charge is 0.198 e. The summed E-state index contributed by atoms with van der Waals surface area (Å²) in [6.45, 7) is 6.73. The third-order valence-corrected chi connectivity index (χ3v) is 3.81. The molecule has 0 radical (unpaired) electrons. The lowest BCUT2D eigenvalue weighted by atomic mass is 10.1. The van der Waals surface area contributed by atoms with E-state index in [0.29, 0.717) is 17.4 Å². The van der Waals surface area contributed by atoms with Crippen LogP contribution in [0.4, 0.5) is 0 Å². The molecule has 3 rings (SSSR count). The van der Waals surface area contributed by atoms with Crippen LogP contribution in [0.25, 0.3) is 5.65 Å². The lowest BCUT2D eigenvalue weighted by molar-refractivity contribution is 0.123. The van der Waals surface area contributed by atoms with Crippen molar-refractivity contribution in [2.75, 3.05) is 6.61 Å². The summed E-state index contributed by atoms with van der Waals surface area (Å²) in [6, 6.07) is 0. The molecular formula is C12H15ClN4O. The minimum Gasteiger partial charge on any atom is -0.378 e. The van der Waals surface area contributed by atoms with Crippen LogP contribution in [-0.2, 0) is 4.74 Å². The maximum Gasteiger partial charge on any atom is 0.198 e. The second-order valence-corrected chi connectivity index (χ2v) is 5.23. The molecule has 2 aromatic rings. The highest BCUT2D eigenvalue weighted by molar-refractivity contribution is 6.32. The van der Waals surface area contributed by atoms with Gasteiger partial charge in [-0.25, -0.2) is 4.98 Å². The van der Waals surface area contributed by atoms with Crippen LogP contribution >= 0.6 is 11.6 Å². The fourth-order valence-corrected chi connectivity index (χ4v) is 2.71. The summed E-state index contributed by atoms with van der Waals surface area (Å²) in [5.41, 5.74) is 2.57. The predicted molar refractivity (Wildman–Crippen MR) is 68.0 cm³/mol. The number of hydrogen-bond donors (Lipinski definition) is 0. The van der Waals surface area contributed by atoms with Gasteiger partial charge >= 0.3 is 0 Å². The summed E-state index contributed by atoms with van der Waals surface area (Å²) < 4.78 is 7.62. The molecule has 0 spiro atoms. The zero-order valence-electron chi connectivity index (χ0n) is 10.6. The molecule has 6 heteroatoms. The number of halogens is 1. The number of aromatic nitrogens is 4. The minimum atomic E-state index is 0.279. The molecule has 1 saturated heterocycles. The van der Waals surface area contributed by atoms with Crippen LogP contribution in [0, 0.1) is 13.8 Å². The standard InChI is InChI=1S/C12H15ClN4O/c1-6-4-9(5-18-6)11-15-16-12-10(13)14-7(2)8(3)17(11)12/h6,9H,4-5H2,1-3H3. The average Bonchev–Trinajstić information content (AvgIpc) is 2.91. The third kappa shape index (κ3) is 1.69. The van der Waals surface area contributed by atoms with E-state index in [-0.39, 0.29) is 12.0 Å². The minimum absolute atomic E-state index is 0.279. The van der Waals surface area contributed by atoms with Crippen molar-refractivity contribution in [1.82, 2.24) is 19.6 Å². The molecule has 5 nitrogen and oxygen atoms in total. The van der Waals surface area contributed by atoms with E-state index in [2.05, 4.69) is 22.1 Å². The lowest BCUT2D eigenvalue weighted by Crippen LogP contribution is -2.08. The lowest BCUT2D eigenvalue weighted by Gasteiger charge is -2.10. The van der Waals surface area contributed by atoms with Gasteiger partial charge in [0.25, 0.3) is 0 Å². The normalized spacial score (nSPS) is 24.0. The average molecular weight is 267 g/mol. The highest BCUT2D eigenvalue weighted by Gasteiger charge is 2.28. The van der Waals surface area contributed by atoms with E-state index in [4.69, 9.17) is 16.3 Å². The second kappa shape index (κ2) is 4.17. The van der Waals surface area contributed by atoms with Crippen LogP contribution in [0.5, 0.6) is 0 Å². The predicted octanol–water partition coefficient (Wildman–Crippen LogP) is 2.29. The zero-order valence-corrected chi connectivity index (χ0v) is 11.4. The van der Waals surface area contributed by atoms with E-state index < -0.39 is 0 Å². The Labute approximate surface area is 110 Å². The van der Waals surface area contributed by atoms with Crippen LogP contribution in [-0.4, -0.2) is 32.3 Å². The van der Waals surface area contributed by atoms with Crippen molar-refractivity contribution in [3.05, 3.63) is 22.4 Å². The van der Waals surface area contributed by atoms with E-state index in [1.165, 1.54) is 0 Å². The monoisotopic (exact) mass is 266 g/mol. The van der Waals surface area contributed by atoms with Crippen LogP contribution in [0.3, 0.4) is 0 Å². The Morgan fingerprint density at radius 1 is 1.33 bits per heavy atom. The molecular weight excluding hydrogens is 252 g/mol. The molecule has 0 saturated carbocycles. The van der Waals surface area contributed by atoms with Crippen molar-refractivity contribution >= 4 is 17.2 Å². The summed E-state index contributed by atoms with van der Waals surface area (Å²) in [5, 5.41) is 8.84. The van der Waals surface area contributed by atoms with Gasteiger partial charge in [0.1, 0.15) is 5.82 Å². The van der Waals surface area contributed by atoms with E-state index in [9.17, 15) is 0 Å². The van der Waals surface area contributed by atoms with Crippen LogP contribution < -0.4 is 0 Å². The number of fused-ring (bicyclic) bond motifs is 1. The molecule has 3 heterocycles. The molecule has 96 valence electrons. The van der Waals surface area contributed by atoms with Crippen molar-refractivity contribution in [3.63, 3.8) is 0 Å². The van der Waals surface area contributed by atoms with Crippen molar-refractivity contribution in [1.29, 1.82) is 0 Å². The van der Waals surface area contributed by atoms with Gasteiger partial charge in [-0.1, -0.05) is 11.6 Å². The first-order chi connectivity index (χ1) is 8.58. The van der Waals surface area contributed by atoms with E-state index in [1.807, 2.05) is 18.2 Å². The molecule has 0 N–H and O–H groups in total. The summed E-state index contributed by atoms with van der Waals surface area (Å²) >= 11 is 6.12. The van der Waals surface area contributed by atoms with Crippen molar-refractivity contribution in [2.24, 2.45) is 0 Å². The molecule has 1 fully saturated rings. The number of ether oxygens (including phenoxy) is 1. The maximum atomic E-state index is 6.12. The summed E-state index contributed by atoms with van der Waals surface area (Å²) in [4.78, 5) is 4.27. The van der Waals surface area contributed by atoms with Crippen LogP contribution in [0.1, 0.15) is 36.5 Å². The Hall–Kier alpha value is -1.20. The van der Waals surface area contributed by atoms with Crippen LogP contribution in [0.2, 0.25) is 5.15 Å². The fourth-order valence-electron chi connectivity index (χ4n) is 2.46. The Bertz CT molecular complexity index is 610. The quantitative estimate of drug-likeness (QED) is 0.795. The summed E-state index contributed by atoms with van der Waals surface area (Å²) in [5.74, 6) is 1.21. The van der Waals surface area contributed by atoms with Gasteiger partial charge in [-0.3, -0.25) is 4.40 Å². The van der Waals surface area contributed by atoms with E-state index in [0.717, 1.165) is 23.6 Å². The molecule has 0 bridgehead atoms. The molecule has 2 unspecified atom stereocenters. The first kappa shape index (κ1) is 11.9. The zero-order chi connectivity index (χ0) is 12.9. The largest absolute Gasteiger partial charge is 0.378 e. The van der Waals surface area contributed by atoms with Gasteiger partial charge in [-0.15, -0.1) is 10.2 Å². The summed E-state index contributed by atoms with van der Waals surface area (Å²) in [6.07, 6.45) is 1.25. The van der Waals surface area contributed by atoms with Gasteiger partial charge in [-0.2, -0.15) is 0 Å². The Morgan fingerprint density at radius 3 is 2.78 bits per heavy atom. The maximum absolute atomic E-state index is 6.12. The van der Waals surface area contributed by atoms with Crippen molar-refractivity contribution in [3.8, 4) is 0 Å². The van der Waals surface area contributed by atoms with E-state index >= 15 is 0 Å². The number of aryl methyl sites for hydroxylation is 2.